The molecule has 0 bridgehead atoms. The summed E-state index contributed by atoms with van der Waals surface area (Å²) in [4.78, 5) is 13.5. The molecule has 0 radical (unpaired) electrons. The molecular formula is C11H19NO2. The van der Waals surface area contributed by atoms with Crippen molar-refractivity contribution >= 4 is 5.91 Å². The third kappa shape index (κ3) is 3.14. The highest BCUT2D eigenvalue weighted by atomic mass is 16.5. The molecule has 1 fully saturated rings. The SMILES string of the molecule is CC(C)=CC(=O)N1C[C@@H](C)O[C@H](C)C1. The van der Waals surface area contributed by atoms with Crippen LogP contribution in [0.5, 0.6) is 0 Å². The highest BCUT2D eigenvalue weighted by Crippen LogP contribution is 2.11. The molecule has 2 atom stereocenters. The molecule has 0 aromatic heterocycles. The molecule has 1 aliphatic heterocycles. The van der Waals surface area contributed by atoms with Gasteiger partial charge in [0.05, 0.1) is 12.2 Å². The third-order valence-corrected chi connectivity index (χ3v) is 2.14. The first-order valence-corrected chi connectivity index (χ1v) is 5.08. The van der Waals surface area contributed by atoms with Crippen LogP contribution in [-0.4, -0.2) is 36.1 Å². The molecule has 0 unspecified atom stereocenters. The molecule has 80 valence electrons. The quantitative estimate of drug-likeness (QED) is 0.597. The number of carbonyl (C=O) groups is 1. The van der Waals surface area contributed by atoms with E-state index >= 15 is 0 Å². The fraction of sp³-hybridized carbons (Fsp3) is 0.727. The van der Waals surface area contributed by atoms with Crippen LogP contribution in [0.1, 0.15) is 27.7 Å². The number of nitrogens with zero attached hydrogens (tertiary/aromatic N) is 1. The molecule has 1 aliphatic rings. The highest BCUT2D eigenvalue weighted by molar-refractivity contribution is 5.88. The molecule has 0 aromatic carbocycles. The van der Waals surface area contributed by atoms with Crippen molar-refractivity contribution in [3.05, 3.63) is 11.6 Å². The normalized spacial score (nSPS) is 27.3. The number of ether oxygens (including phenoxy) is 1. The molecule has 0 saturated carbocycles. The van der Waals surface area contributed by atoms with Crippen molar-refractivity contribution in [3.8, 4) is 0 Å². The summed E-state index contributed by atoms with van der Waals surface area (Å²) < 4.78 is 5.56. The molecule has 1 rings (SSSR count). The van der Waals surface area contributed by atoms with Crippen LogP contribution >= 0.6 is 0 Å². The van der Waals surface area contributed by atoms with Crippen molar-refractivity contribution in [1.82, 2.24) is 4.90 Å². The molecule has 0 spiro atoms. The van der Waals surface area contributed by atoms with E-state index in [0.717, 1.165) is 5.57 Å². The smallest absolute Gasteiger partial charge is 0.246 e. The number of rotatable bonds is 1. The van der Waals surface area contributed by atoms with Crippen LogP contribution < -0.4 is 0 Å². The zero-order valence-electron chi connectivity index (χ0n) is 9.41. The van der Waals surface area contributed by atoms with E-state index in [1.54, 1.807) is 6.08 Å². The predicted octanol–water partition coefficient (Wildman–Crippen LogP) is 1.59. The maximum Gasteiger partial charge on any atom is 0.246 e. The second-order valence-electron chi connectivity index (χ2n) is 4.22. The molecule has 1 heterocycles. The van der Waals surface area contributed by atoms with Gasteiger partial charge in [-0.2, -0.15) is 0 Å². The van der Waals surface area contributed by atoms with Crippen LogP contribution in [-0.2, 0) is 9.53 Å². The topological polar surface area (TPSA) is 29.5 Å². The minimum absolute atomic E-state index is 0.104. The van der Waals surface area contributed by atoms with E-state index in [1.165, 1.54) is 0 Å². The number of hydrogen-bond acceptors (Lipinski definition) is 2. The summed E-state index contributed by atoms with van der Waals surface area (Å²) in [5.41, 5.74) is 1.04. The van der Waals surface area contributed by atoms with E-state index in [1.807, 2.05) is 32.6 Å². The first-order chi connectivity index (χ1) is 6.49. The number of morpholine rings is 1. The average molecular weight is 197 g/mol. The summed E-state index contributed by atoms with van der Waals surface area (Å²) >= 11 is 0. The standard InChI is InChI=1S/C11H19NO2/c1-8(2)5-11(13)12-6-9(3)14-10(4)7-12/h5,9-10H,6-7H2,1-4H3/t9-,10-/m1/s1. The number of hydrogen-bond donors (Lipinski definition) is 0. The van der Waals surface area contributed by atoms with Crippen LogP contribution in [0.2, 0.25) is 0 Å². The van der Waals surface area contributed by atoms with Crippen molar-refractivity contribution in [2.24, 2.45) is 0 Å². The molecule has 1 saturated heterocycles. The summed E-state index contributed by atoms with van der Waals surface area (Å²) in [6, 6.07) is 0. The Labute approximate surface area is 85.7 Å². The fourth-order valence-corrected chi connectivity index (χ4v) is 1.70. The lowest BCUT2D eigenvalue weighted by Gasteiger charge is -2.34. The van der Waals surface area contributed by atoms with Gasteiger partial charge in [-0.25, -0.2) is 0 Å². The van der Waals surface area contributed by atoms with Crippen LogP contribution in [0, 0.1) is 0 Å². The lowest BCUT2D eigenvalue weighted by molar-refractivity contribution is -0.138. The molecule has 3 heteroatoms. The monoisotopic (exact) mass is 197 g/mol. The Bertz CT molecular complexity index is 234. The summed E-state index contributed by atoms with van der Waals surface area (Å²) in [6.45, 7) is 9.27. The largest absolute Gasteiger partial charge is 0.372 e. The second-order valence-corrected chi connectivity index (χ2v) is 4.22. The Balaban J connectivity index is 2.59. The Morgan fingerprint density at radius 2 is 1.79 bits per heavy atom. The maximum atomic E-state index is 11.7. The lowest BCUT2D eigenvalue weighted by Crippen LogP contribution is -2.47. The van der Waals surface area contributed by atoms with Crippen LogP contribution in [0.15, 0.2) is 11.6 Å². The first-order valence-electron chi connectivity index (χ1n) is 5.08. The minimum Gasteiger partial charge on any atom is -0.372 e. The van der Waals surface area contributed by atoms with E-state index in [-0.39, 0.29) is 18.1 Å². The zero-order chi connectivity index (χ0) is 10.7. The van der Waals surface area contributed by atoms with Gasteiger partial charge in [0.1, 0.15) is 0 Å². The third-order valence-electron chi connectivity index (χ3n) is 2.14. The van der Waals surface area contributed by atoms with E-state index in [2.05, 4.69) is 0 Å². The summed E-state index contributed by atoms with van der Waals surface area (Å²) in [6.07, 6.45) is 1.98. The molecule has 0 N–H and O–H groups in total. The molecule has 3 nitrogen and oxygen atoms in total. The van der Waals surface area contributed by atoms with Gasteiger partial charge in [0.15, 0.2) is 0 Å². The van der Waals surface area contributed by atoms with Crippen molar-refractivity contribution in [1.29, 1.82) is 0 Å². The van der Waals surface area contributed by atoms with E-state index in [4.69, 9.17) is 4.74 Å². The number of allylic oxidation sites excluding steroid dienone is 1. The van der Waals surface area contributed by atoms with Gasteiger partial charge < -0.3 is 9.64 Å². The van der Waals surface area contributed by atoms with Crippen LogP contribution in [0.25, 0.3) is 0 Å². The minimum atomic E-state index is 0.104. The van der Waals surface area contributed by atoms with Gasteiger partial charge in [-0.15, -0.1) is 0 Å². The Hall–Kier alpha value is -0.830. The van der Waals surface area contributed by atoms with Crippen molar-refractivity contribution in [3.63, 3.8) is 0 Å². The predicted molar refractivity (Wildman–Crippen MR) is 56.0 cm³/mol. The van der Waals surface area contributed by atoms with Gasteiger partial charge in [-0.05, 0) is 27.7 Å². The van der Waals surface area contributed by atoms with Gasteiger partial charge in [-0.3, -0.25) is 4.79 Å². The summed E-state index contributed by atoms with van der Waals surface area (Å²) in [7, 11) is 0. The maximum absolute atomic E-state index is 11.7. The highest BCUT2D eigenvalue weighted by Gasteiger charge is 2.24. The zero-order valence-corrected chi connectivity index (χ0v) is 9.41. The molecule has 1 amide bonds. The summed E-state index contributed by atoms with van der Waals surface area (Å²) in [5.74, 6) is 0.104. The lowest BCUT2D eigenvalue weighted by atomic mass is 10.2. The number of amides is 1. The van der Waals surface area contributed by atoms with Gasteiger partial charge in [0, 0.05) is 19.2 Å². The molecule has 0 aromatic rings. The van der Waals surface area contributed by atoms with E-state index < -0.39 is 0 Å². The second kappa shape index (κ2) is 4.60. The van der Waals surface area contributed by atoms with Gasteiger partial charge in [0.2, 0.25) is 5.91 Å². The molecule has 0 aliphatic carbocycles. The van der Waals surface area contributed by atoms with Crippen LogP contribution in [0.3, 0.4) is 0 Å². The fourth-order valence-electron chi connectivity index (χ4n) is 1.70. The first kappa shape index (κ1) is 11.2. The molecular weight excluding hydrogens is 178 g/mol. The summed E-state index contributed by atoms with van der Waals surface area (Å²) in [5, 5.41) is 0. The van der Waals surface area contributed by atoms with E-state index in [0.29, 0.717) is 13.1 Å². The van der Waals surface area contributed by atoms with Crippen molar-refractivity contribution in [2.75, 3.05) is 13.1 Å². The van der Waals surface area contributed by atoms with Crippen molar-refractivity contribution < 1.29 is 9.53 Å². The van der Waals surface area contributed by atoms with Gasteiger partial charge >= 0.3 is 0 Å². The van der Waals surface area contributed by atoms with Gasteiger partial charge in [-0.1, -0.05) is 5.57 Å². The van der Waals surface area contributed by atoms with Crippen molar-refractivity contribution in [2.45, 2.75) is 39.9 Å². The van der Waals surface area contributed by atoms with E-state index in [9.17, 15) is 4.79 Å². The van der Waals surface area contributed by atoms with Crippen LogP contribution in [0.4, 0.5) is 0 Å². The Morgan fingerprint density at radius 3 is 2.21 bits per heavy atom. The average Bonchev–Trinajstić information content (AvgIpc) is 2.00. The van der Waals surface area contributed by atoms with Gasteiger partial charge in [0.25, 0.3) is 0 Å². The number of carbonyl (C=O) groups excluding carboxylic acids is 1. The Morgan fingerprint density at radius 1 is 1.29 bits per heavy atom. The Kier molecular flexibility index (Phi) is 3.69. The molecule has 14 heavy (non-hydrogen) atoms.